The second-order valence-electron chi connectivity index (χ2n) is 7.17. The summed E-state index contributed by atoms with van der Waals surface area (Å²) >= 11 is 0. The molecule has 5 nitrogen and oxygen atoms in total. The molecule has 25 heavy (non-hydrogen) atoms. The van der Waals surface area contributed by atoms with Gasteiger partial charge in [-0.05, 0) is 18.8 Å². The molecule has 0 N–H and O–H groups in total. The molecule has 0 saturated carbocycles. The van der Waals surface area contributed by atoms with Crippen molar-refractivity contribution in [2.75, 3.05) is 24.5 Å². The van der Waals surface area contributed by atoms with Crippen LogP contribution in [0.3, 0.4) is 0 Å². The van der Waals surface area contributed by atoms with Crippen molar-refractivity contribution in [3.63, 3.8) is 0 Å². The molecule has 1 saturated heterocycles. The van der Waals surface area contributed by atoms with Gasteiger partial charge < -0.3 is 14.3 Å². The first kappa shape index (κ1) is 17.5. The average molecular weight is 341 g/mol. The van der Waals surface area contributed by atoms with Crippen LogP contribution in [0.2, 0.25) is 0 Å². The highest BCUT2D eigenvalue weighted by molar-refractivity contribution is 5.75. The lowest BCUT2D eigenvalue weighted by molar-refractivity contribution is -0.129. The summed E-state index contributed by atoms with van der Waals surface area (Å²) in [5.74, 6) is 1.33. The van der Waals surface area contributed by atoms with Crippen LogP contribution in [0.4, 0.5) is 5.88 Å². The van der Waals surface area contributed by atoms with Crippen molar-refractivity contribution in [1.82, 2.24) is 10.1 Å². The lowest BCUT2D eigenvalue weighted by atomic mass is 10.1. The fourth-order valence-corrected chi connectivity index (χ4v) is 3.37. The molecule has 3 rings (SSSR count). The Kier molecular flexibility index (Phi) is 5.41. The second kappa shape index (κ2) is 7.72. The summed E-state index contributed by atoms with van der Waals surface area (Å²) in [4.78, 5) is 16.3. The van der Waals surface area contributed by atoms with Crippen molar-refractivity contribution in [3.8, 4) is 11.3 Å². The summed E-state index contributed by atoms with van der Waals surface area (Å²) in [5.41, 5.74) is 2.89. The molecule has 1 aromatic carbocycles. The van der Waals surface area contributed by atoms with Gasteiger partial charge >= 0.3 is 0 Å². The molecule has 0 radical (unpaired) electrons. The molecule has 0 aliphatic carbocycles. The summed E-state index contributed by atoms with van der Waals surface area (Å²) in [6.45, 7) is 9.13. The normalized spacial score (nSPS) is 14.3. The number of aromatic nitrogens is 1. The van der Waals surface area contributed by atoms with E-state index in [9.17, 15) is 4.79 Å². The zero-order valence-electron chi connectivity index (χ0n) is 15.4. The van der Waals surface area contributed by atoms with Crippen molar-refractivity contribution in [1.29, 1.82) is 0 Å². The molecule has 1 fully saturated rings. The Morgan fingerprint density at radius 2 is 1.92 bits per heavy atom. The molecule has 0 unspecified atom stereocenters. The molecule has 2 heterocycles. The number of benzene rings is 1. The quantitative estimate of drug-likeness (QED) is 0.798. The van der Waals surface area contributed by atoms with Gasteiger partial charge in [-0.25, -0.2) is 0 Å². The number of anilines is 1. The smallest absolute Gasteiger partial charge is 0.232 e. The third kappa shape index (κ3) is 4.03. The topological polar surface area (TPSA) is 49.6 Å². The molecule has 1 amide bonds. The van der Waals surface area contributed by atoms with Crippen molar-refractivity contribution in [2.45, 2.75) is 40.2 Å². The molecule has 134 valence electrons. The lowest BCUT2D eigenvalue weighted by Gasteiger charge is -2.24. The van der Waals surface area contributed by atoms with E-state index < -0.39 is 0 Å². The van der Waals surface area contributed by atoms with Crippen molar-refractivity contribution < 1.29 is 9.32 Å². The molecule has 1 aliphatic heterocycles. The van der Waals surface area contributed by atoms with Crippen LogP contribution in [0.15, 0.2) is 34.9 Å². The minimum Gasteiger partial charge on any atom is -0.340 e. The molecule has 5 heteroatoms. The highest BCUT2D eigenvalue weighted by atomic mass is 16.5. The highest BCUT2D eigenvalue weighted by Gasteiger charge is 2.26. The van der Waals surface area contributed by atoms with Crippen LogP contribution < -0.4 is 4.90 Å². The highest BCUT2D eigenvalue weighted by Crippen LogP contribution is 2.34. The van der Waals surface area contributed by atoms with Gasteiger partial charge in [-0.15, -0.1) is 0 Å². The number of amides is 1. The Bertz CT molecular complexity index is 703. The molecule has 2 aromatic rings. The SMILES string of the molecule is CC(=O)N(Cc1c(-c2ccccc2)noc1N1CCCC1)CC(C)C. The van der Waals surface area contributed by atoms with Gasteiger partial charge in [-0.2, -0.15) is 0 Å². The van der Waals surface area contributed by atoms with E-state index in [1.807, 2.05) is 35.2 Å². The molecule has 0 bridgehead atoms. The Hall–Kier alpha value is -2.30. The minimum absolute atomic E-state index is 0.0845. The monoisotopic (exact) mass is 341 g/mol. The minimum atomic E-state index is 0.0845. The van der Waals surface area contributed by atoms with E-state index in [-0.39, 0.29) is 5.91 Å². The molecule has 0 spiro atoms. The molecule has 1 aliphatic rings. The fourth-order valence-electron chi connectivity index (χ4n) is 3.37. The maximum Gasteiger partial charge on any atom is 0.232 e. The van der Waals surface area contributed by atoms with Gasteiger partial charge in [0.1, 0.15) is 5.69 Å². The Balaban J connectivity index is 1.98. The van der Waals surface area contributed by atoms with Crippen molar-refractivity contribution >= 4 is 11.8 Å². The Labute approximate surface area is 149 Å². The first-order valence-electron chi connectivity index (χ1n) is 9.10. The average Bonchev–Trinajstić information content (AvgIpc) is 3.23. The zero-order chi connectivity index (χ0) is 17.8. The first-order chi connectivity index (χ1) is 12.1. The molecule has 0 atom stereocenters. The van der Waals surface area contributed by atoms with Crippen LogP contribution in [0.25, 0.3) is 11.3 Å². The van der Waals surface area contributed by atoms with Gasteiger partial charge in [0.25, 0.3) is 0 Å². The van der Waals surface area contributed by atoms with Crippen LogP contribution in [0.1, 0.15) is 39.2 Å². The number of hydrogen-bond acceptors (Lipinski definition) is 4. The van der Waals surface area contributed by atoms with E-state index in [1.54, 1.807) is 6.92 Å². The summed E-state index contributed by atoms with van der Waals surface area (Å²) in [5, 5.41) is 4.37. The number of carbonyl (C=O) groups is 1. The third-order valence-electron chi connectivity index (χ3n) is 4.59. The van der Waals surface area contributed by atoms with Gasteiger partial charge in [0.15, 0.2) is 0 Å². The molecular formula is C20H27N3O2. The van der Waals surface area contributed by atoms with Gasteiger partial charge in [0.05, 0.1) is 12.1 Å². The summed E-state index contributed by atoms with van der Waals surface area (Å²) in [6, 6.07) is 10.1. The van der Waals surface area contributed by atoms with Crippen molar-refractivity contribution in [2.24, 2.45) is 5.92 Å². The van der Waals surface area contributed by atoms with Gasteiger partial charge in [-0.3, -0.25) is 4.79 Å². The number of hydrogen-bond donors (Lipinski definition) is 0. The zero-order valence-corrected chi connectivity index (χ0v) is 15.4. The number of carbonyl (C=O) groups excluding carboxylic acids is 1. The van der Waals surface area contributed by atoms with E-state index in [2.05, 4.69) is 23.9 Å². The standard InChI is InChI=1S/C20H27N3O2/c1-15(2)13-23(16(3)24)14-18-19(17-9-5-4-6-10-17)21-25-20(18)22-11-7-8-12-22/h4-6,9-10,15H,7-8,11-14H2,1-3H3. The van der Waals surface area contributed by atoms with Crippen molar-refractivity contribution in [3.05, 3.63) is 35.9 Å². The summed E-state index contributed by atoms with van der Waals surface area (Å²) in [6.07, 6.45) is 2.34. The second-order valence-corrected chi connectivity index (χ2v) is 7.17. The number of rotatable bonds is 6. The summed E-state index contributed by atoms with van der Waals surface area (Å²) < 4.78 is 5.76. The maximum atomic E-state index is 12.1. The van der Waals surface area contributed by atoms with Crippen LogP contribution >= 0.6 is 0 Å². The van der Waals surface area contributed by atoms with Crippen LogP contribution in [-0.2, 0) is 11.3 Å². The molecule has 1 aromatic heterocycles. The fraction of sp³-hybridized carbons (Fsp3) is 0.500. The van der Waals surface area contributed by atoms with Crippen LogP contribution in [0, 0.1) is 5.92 Å². The van der Waals surface area contributed by atoms with Gasteiger partial charge in [0.2, 0.25) is 11.8 Å². The lowest BCUT2D eigenvalue weighted by Crippen LogP contribution is -2.32. The van der Waals surface area contributed by atoms with Crippen LogP contribution in [0.5, 0.6) is 0 Å². The first-order valence-corrected chi connectivity index (χ1v) is 9.10. The molecular weight excluding hydrogens is 314 g/mol. The van der Waals surface area contributed by atoms with E-state index in [0.29, 0.717) is 12.5 Å². The van der Waals surface area contributed by atoms with Gasteiger partial charge in [-0.1, -0.05) is 49.3 Å². The maximum absolute atomic E-state index is 12.1. The van der Waals surface area contributed by atoms with E-state index >= 15 is 0 Å². The largest absolute Gasteiger partial charge is 0.340 e. The van der Waals surface area contributed by atoms with E-state index in [1.165, 1.54) is 12.8 Å². The van der Waals surface area contributed by atoms with E-state index in [4.69, 9.17) is 4.52 Å². The summed E-state index contributed by atoms with van der Waals surface area (Å²) in [7, 11) is 0. The third-order valence-corrected chi connectivity index (χ3v) is 4.59. The van der Waals surface area contributed by atoms with E-state index in [0.717, 1.165) is 42.3 Å². The van der Waals surface area contributed by atoms with Crippen LogP contribution in [-0.4, -0.2) is 35.6 Å². The predicted molar refractivity (Wildman–Crippen MR) is 99.3 cm³/mol. The van der Waals surface area contributed by atoms with Gasteiger partial charge in [0, 0.05) is 32.1 Å². The Morgan fingerprint density at radius 3 is 2.52 bits per heavy atom. The number of nitrogens with zero attached hydrogens (tertiary/aromatic N) is 3. The Morgan fingerprint density at radius 1 is 1.24 bits per heavy atom. The predicted octanol–water partition coefficient (Wildman–Crippen LogP) is 3.95.